The molecule has 3 heteroatoms. The standard InChI is InChI=1S/C38H78OS2/c1-3-5-7-9-11-13-15-17-19-21-23-25-27-29-35-40-37-31-33-39-34-32-38-41-36-30-28-26-24-22-20-18-16-14-12-10-8-6-4-2/h3-38H2,1-2H3. The Morgan fingerprint density at radius 2 is 0.488 bits per heavy atom. The third-order valence-corrected chi connectivity index (χ3v) is 10.7. The molecule has 0 rings (SSSR count). The summed E-state index contributed by atoms with van der Waals surface area (Å²) in [7, 11) is 0. The quantitative estimate of drug-likeness (QED) is 0.0640. The van der Waals surface area contributed by atoms with Gasteiger partial charge in [0.1, 0.15) is 0 Å². The summed E-state index contributed by atoms with van der Waals surface area (Å²) >= 11 is 4.29. The smallest absolute Gasteiger partial charge is 0.0473 e. The van der Waals surface area contributed by atoms with E-state index in [4.69, 9.17) is 4.74 Å². The Bertz CT molecular complexity index is 392. The molecule has 0 radical (unpaired) electrons. The van der Waals surface area contributed by atoms with Crippen LogP contribution in [0.2, 0.25) is 0 Å². The summed E-state index contributed by atoms with van der Waals surface area (Å²) in [5, 5.41) is 0. The second-order valence-corrected chi connectivity index (χ2v) is 15.2. The Hall–Kier alpha value is 0.660. The molecule has 0 amide bonds. The van der Waals surface area contributed by atoms with Crippen molar-refractivity contribution in [3.8, 4) is 0 Å². The van der Waals surface area contributed by atoms with Gasteiger partial charge in [-0.05, 0) is 48.7 Å². The highest BCUT2D eigenvalue weighted by Crippen LogP contribution is 2.16. The van der Waals surface area contributed by atoms with Crippen molar-refractivity contribution in [3.05, 3.63) is 0 Å². The first-order chi connectivity index (χ1) is 20.4. The highest BCUT2D eigenvalue weighted by Gasteiger charge is 1.97. The molecule has 0 heterocycles. The Kier molecular flexibility index (Phi) is 41.3. The second-order valence-electron chi connectivity index (χ2n) is 12.7. The lowest BCUT2D eigenvalue weighted by Crippen LogP contribution is -2.00. The van der Waals surface area contributed by atoms with Crippen LogP contribution in [0.15, 0.2) is 0 Å². The molecule has 0 saturated carbocycles. The summed E-state index contributed by atoms with van der Waals surface area (Å²) < 4.78 is 5.86. The van der Waals surface area contributed by atoms with E-state index in [0.717, 1.165) is 13.2 Å². The van der Waals surface area contributed by atoms with Crippen molar-refractivity contribution < 1.29 is 4.74 Å². The lowest BCUT2D eigenvalue weighted by Gasteiger charge is -2.06. The first-order valence-corrected chi connectivity index (χ1v) is 21.5. The Labute approximate surface area is 270 Å². The van der Waals surface area contributed by atoms with Crippen molar-refractivity contribution in [1.82, 2.24) is 0 Å². The van der Waals surface area contributed by atoms with Crippen molar-refractivity contribution in [2.45, 2.75) is 206 Å². The fourth-order valence-corrected chi connectivity index (χ4v) is 7.50. The molecule has 0 unspecified atom stereocenters. The molecule has 248 valence electrons. The van der Waals surface area contributed by atoms with Crippen LogP contribution in [-0.2, 0) is 4.74 Å². The predicted octanol–water partition coefficient (Wildman–Crippen LogP) is 14.2. The average molecular weight is 615 g/mol. The van der Waals surface area contributed by atoms with Gasteiger partial charge in [-0.1, -0.05) is 181 Å². The summed E-state index contributed by atoms with van der Waals surface area (Å²) in [6.07, 6.45) is 43.2. The molecule has 1 nitrogen and oxygen atoms in total. The van der Waals surface area contributed by atoms with Gasteiger partial charge >= 0.3 is 0 Å². The van der Waals surface area contributed by atoms with Crippen molar-refractivity contribution in [3.63, 3.8) is 0 Å². The molecule has 0 aliphatic rings. The van der Waals surface area contributed by atoms with Crippen LogP contribution in [0.3, 0.4) is 0 Å². The van der Waals surface area contributed by atoms with E-state index in [9.17, 15) is 0 Å². The zero-order valence-electron chi connectivity index (χ0n) is 28.7. The average Bonchev–Trinajstić information content (AvgIpc) is 2.98. The van der Waals surface area contributed by atoms with E-state index in [1.165, 1.54) is 216 Å². The second kappa shape index (κ2) is 40.7. The molecule has 41 heavy (non-hydrogen) atoms. The van der Waals surface area contributed by atoms with Crippen LogP contribution in [-0.4, -0.2) is 36.2 Å². The van der Waals surface area contributed by atoms with Gasteiger partial charge in [-0.25, -0.2) is 0 Å². The molecular formula is C38H78OS2. The van der Waals surface area contributed by atoms with E-state index in [1.54, 1.807) is 0 Å². The summed E-state index contributed by atoms with van der Waals surface area (Å²) in [5.41, 5.74) is 0. The van der Waals surface area contributed by atoms with Gasteiger partial charge in [-0.2, -0.15) is 23.5 Å². The predicted molar refractivity (Wildman–Crippen MR) is 195 cm³/mol. The fourth-order valence-electron chi connectivity index (χ4n) is 5.63. The van der Waals surface area contributed by atoms with E-state index in [1.807, 2.05) is 0 Å². The highest BCUT2D eigenvalue weighted by atomic mass is 32.2. The van der Waals surface area contributed by atoms with Crippen LogP contribution in [0.25, 0.3) is 0 Å². The van der Waals surface area contributed by atoms with Crippen molar-refractivity contribution in [2.24, 2.45) is 0 Å². The van der Waals surface area contributed by atoms with E-state index < -0.39 is 0 Å². The van der Waals surface area contributed by atoms with Crippen LogP contribution < -0.4 is 0 Å². The molecule has 0 saturated heterocycles. The lowest BCUT2D eigenvalue weighted by molar-refractivity contribution is 0.137. The Morgan fingerprint density at radius 3 is 0.756 bits per heavy atom. The molecular weight excluding hydrogens is 537 g/mol. The minimum atomic E-state index is 0.968. The Balaban J connectivity index is 3.02. The number of unbranched alkanes of at least 4 members (excludes halogenated alkanes) is 26. The summed E-state index contributed by atoms with van der Waals surface area (Å²) in [6, 6.07) is 0. The van der Waals surface area contributed by atoms with Crippen LogP contribution in [0, 0.1) is 0 Å². The zero-order chi connectivity index (χ0) is 29.6. The monoisotopic (exact) mass is 615 g/mol. The molecule has 0 aliphatic carbocycles. The molecule has 0 aromatic heterocycles. The normalized spacial score (nSPS) is 11.6. The molecule has 0 aromatic rings. The number of thioether (sulfide) groups is 2. The van der Waals surface area contributed by atoms with Gasteiger partial charge in [-0.15, -0.1) is 0 Å². The molecule has 0 bridgehead atoms. The van der Waals surface area contributed by atoms with Gasteiger partial charge in [0.05, 0.1) is 0 Å². The number of hydrogen-bond donors (Lipinski definition) is 0. The van der Waals surface area contributed by atoms with Crippen LogP contribution in [0.5, 0.6) is 0 Å². The highest BCUT2D eigenvalue weighted by molar-refractivity contribution is 7.99. The first kappa shape index (κ1) is 41.7. The molecule has 0 aliphatic heterocycles. The summed E-state index contributed by atoms with van der Waals surface area (Å²) in [6.45, 7) is 6.54. The topological polar surface area (TPSA) is 9.23 Å². The number of ether oxygens (including phenoxy) is 1. The molecule has 0 aromatic carbocycles. The minimum Gasteiger partial charge on any atom is -0.381 e. The van der Waals surface area contributed by atoms with Gasteiger partial charge in [-0.3, -0.25) is 0 Å². The van der Waals surface area contributed by atoms with Gasteiger partial charge < -0.3 is 4.74 Å². The maximum absolute atomic E-state index is 5.86. The number of hydrogen-bond acceptors (Lipinski definition) is 3. The minimum absolute atomic E-state index is 0.968. The fraction of sp³-hybridized carbons (Fsp3) is 1.00. The van der Waals surface area contributed by atoms with Gasteiger partial charge in [0.15, 0.2) is 0 Å². The van der Waals surface area contributed by atoms with Gasteiger partial charge in [0.25, 0.3) is 0 Å². The Morgan fingerprint density at radius 1 is 0.268 bits per heavy atom. The maximum atomic E-state index is 5.86. The van der Waals surface area contributed by atoms with E-state index in [0.29, 0.717) is 0 Å². The summed E-state index contributed by atoms with van der Waals surface area (Å²) in [4.78, 5) is 0. The zero-order valence-corrected chi connectivity index (χ0v) is 30.3. The van der Waals surface area contributed by atoms with E-state index in [2.05, 4.69) is 37.4 Å². The van der Waals surface area contributed by atoms with Crippen molar-refractivity contribution >= 4 is 23.5 Å². The van der Waals surface area contributed by atoms with Gasteiger partial charge in [0.2, 0.25) is 0 Å². The third-order valence-electron chi connectivity index (χ3n) is 8.44. The lowest BCUT2D eigenvalue weighted by atomic mass is 10.0. The van der Waals surface area contributed by atoms with Gasteiger partial charge in [0, 0.05) is 13.2 Å². The van der Waals surface area contributed by atoms with E-state index >= 15 is 0 Å². The number of rotatable bonds is 38. The van der Waals surface area contributed by atoms with Crippen LogP contribution in [0.1, 0.15) is 206 Å². The summed E-state index contributed by atoms with van der Waals surface area (Å²) in [5.74, 6) is 5.28. The first-order valence-electron chi connectivity index (χ1n) is 19.1. The van der Waals surface area contributed by atoms with Crippen LogP contribution in [0.4, 0.5) is 0 Å². The SMILES string of the molecule is CCCCCCCCCCCCCCCCSCCCOCCCSCCCCCCCCCCCCCCCC. The molecule has 0 spiro atoms. The molecule has 0 N–H and O–H groups in total. The van der Waals surface area contributed by atoms with Crippen molar-refractivity contribution in [1.29, 1.82) is 0 Å². The van der Waals surface area contributed by atoms with Crippen LogP contribution >= 0.6 is 23.5 Å². The van der Waals surface area contributed by atoms with E-state index in [-0.39, 0.29) is 0 Å². The third kappa shape index (κ3) is 40.7. The largest absolute Gasteiger partial charge is 0.381 e. The molecule has 0 fully saturated rings. The van der Waals surface area contributed by atoms with Crippen molar-refractivity contribution in [2.75, 3.05) is 36.2 Å². The maximum Gasteiger partial charge on any atom is 0.0473 e. The molecule has 0 atom stereocenters.